The summed E-state index contributed by atoms with van der Waals surface area (Å²) in [5.41, 5.74) is 0.0248. The third kappa shape index (κ3) is 3.13. The highest BCUT2D eigenvalue weighted by Gasteiger charge is 2.22. The number of ketones is 1. The molecule has 0 N–H and O–H groups in total. The molecule has 0 heterocycles. The van der Waals surface area contributed by atoms with Gasteiger partial charge in [0.2, 0.25) is 5.82 Å². The zero-order valence-corrected chi connectivity index (χ0v) is 11.2. The Morgan fingerprint density at radius 2 is 1.71 bits per heavy atom. The van der Waals surface area contributed by atoms with Crippen LogP contribution in [0, 0.1) is 11.6 Å². The predicted molar refractivity (Wildman–Crippen MR) is 72.4 cm³/mol. The Hall–Kier alpha value is -2.56. The molecule has 108 valence electrons. The number of hydrogen-bond donors (Lipinski definition) is 0. The van der Waals surface area contributed by atoms with Gasteiger partial charge in [0.25, 0.3) is 0 Å². The second-order valence-electron chi connectivity index (χ2n) is 4.27. The van der Waals surface area contributed by atoms with Crippen molar-refractivity contribution in [1.82, 2.24) is 0 Å². The van der Waals surface area contributed by atoms with E-state index in [1.807, 2.05) is 0 Å². The number of hydrogen-bond acceptors (Lipinski definition) is 3. The van der Waals surface area contributed by atoms with Crippen molar-refractivity contribution in [3.8, 4) is 5.75 Å². The highest BCUT2D eigenvalue weighted by Crippen LogP contribution is 2.27. The third-order valence-electron chi connectivity index (χ3n) is 2.88. The Morgan fingerprint density at radius 3 is 2.33 bits per heavy atom. The first-order valence-corrected chi connectivity index (χ1v) is 6.33. The van der Waals surface area contributed by atoms with Gasteiger partial charge in [-0.05, 0) is 24.3 Å². The molecule has 0 saturated carbocycles. The summed E-state index contributed by atoms with van der Waals surface area (Å²) in [5.74, 6) is -4.50. The van der Waals surface area contributed by atoms with Crippen molar-refractivity contribution in [2.45, 2.75) is 13.3 Å². The maximum absolute atomic E-state index is 13.8. The lowest BCUT2D eigenvalue weighted by molar-refractivity contribution is 0.0724. The van der Waals surface area contributed by atoms with E-state index in [0.717, 1.165) is 12.1 Å². The average Bonchev–Trinajstić information content (AvgIpc) is 2.52. The Bertz CT molecular complexity index is 681. The number of esters is 1. The molecular formula is C16H12F2O3. The van der Waals surface area contributed by atoms with Crippen molar-refractivity contribution in [3.05, 3.63) is 65.2 Å². The summed E-state index contributed by atoms with van der Waals surface area (Å²) in [5, 5.41) is 0. The molecule has 2 aromatic carbocycles. The fourth-order valence-corrected chi connectivity index (χ4v) is 1.77. The van der Waals surface area contributed by atoms with Gasteiger partial charge in [0, 0.05) is 6.42 Å². The summed E-state index contributed by atoms with van der Waals surface area (Å²) in [7, 11) is 0. The summed E-state index contributed by atoms with van der Waals surface area (Å²) in [6.07, 6.45) is 0.0843. The van der Waals surface area contributed by atoms with Crippen LogP contribution in [0.1, 0.15) is 34.1 Å². The van der Waals surface area contributed by atoms with Crippen LogP contribution in [0.4, 0.5) is 8.78 Å². The van der Waals surface area contributed by atoms with E-state index in [-0.39, 0.29) is 17.5 Å². The second kappa shape index (κ2) is 6.26. The van der Waals surface area contributed by atoms with E-state index < -0.39 is 29.1 Å². The molecule has 0 unspecified atom stereocenters. The maximum atomic E-state index is 13.8. The molecule has 2 aromatic rings. The van der Waals surface area contributed by atoms with Crippen LogP contribution in [0.2, 0.25) is 0 Å². The standard InChI is InChI=1S/C16H12F2O3/c1-2-13(19)11-8-9-12(17)14(18)15(11)21-16(20)10-6-4-3-5-7-10/h3-9H,2H2,1H3. The number of halogens is 2. The van der Waals surface area contributed by atoms with Crippen LogP contribution in [-0.4, -0.2) is 11.8 Å². The fourth-order valence-electron chi connectivity index (χ4n) is 1.77. The molecule has 0 aromatic heterocycles. The minimum absolute atomic E-state index is 0.0843. The normalized spacial score (nSPS) is 10.2. The Balaban J connectivity index is 2.41. The van der Waals surface area contributed by atoms with Crippen molar-refractivity contribution in [2.24, 2.45) is 0 Å². The highest BCUT2D eigenvalue weighted by atomic mass is 19.2. The van der Waals surface area contributed by atoms with Crippen LogP contribution in [0.15, 0.2) is 42.5 Å². The summed E-state index contributed by atoms with van der Waals surface area (Å²) in [6, 6.07) is 9.80. The SMILES string of the molecule is CCC(=O)c1ccc(F)c(F)c1OC(=O)c1ccccc1. The van der Waals surface area contributed by atoms with E-state index in [1.54, 1.807) is 25.1 Å². The zero-order chi connectivity index (χ0) is 15.4. The lowest BCUT2D eigenvalue weighted by Gasteiger charge is -2.10. The minimum Gasteiger partial charge on any atom is -0.419 e. The first-order valence-electron chi connectivity index (χ1n) is 6.33. The van der Waals surface area contributed by atoms with Gasteiger partial charge in [0.15, 0.2) is 17.3 Å². The smallest absolute Gasteiger partial charge is 0.343 e. The maximum Gasteiger partial charge on any atom is 0.343 e. The summed E-state index contributed by atoms with van der Waals surface area (Å²) >= 11 is 0. The fraction of sp³-hybridized carbons (Fsp3) is 0.125. The van der Waals surface area contributed by atoms with Crippen LogP contribution in [-0.2, 0) is 0 Å². The third-order valence-corrected chi connectivity index (χ3v) is 2.88. The van der Waals surface area contributed by atoms with Gasteiger partial charge >= 0.3 is 5.97 Å². The number of carbonyl (C=O) groups is 2. The van der Waals surface area contributed by atoms with Crippen molar-refractivity contribution in [2.75, 3.05) is 0 Å². The molecule has 3 nitrogen and oxygen atoms in total. The van der Waals surface area contributed by atoms with Gasteiger partial charge in [-0.15, -0.1) is 0 Å². The van der Waals surface area contributed by atoms with Crippen molar-refractivity contribution >= 4 is 11.8 Å². The molecule has 0 amide bonds. The predicted octanol–water partition coefficient (Wildman–Crippen LogP) is 3.78. The molecule has 2 rings (SSSR count). The molecular weight excluding hydrogens is 278 g/mol. The number of Topliss-reactive ketones (excluding diaryl/α,β-unsaturated/α-hetero) is 1. The van der Waals surface area contributed by atoms with Gasteiger partial charge in [-0.1, -0.05) is 25.1 Å². The Labute approximate surface area is 120 Å². The van der Waals surface area contributed by atoms with E-state index in [4.69, 9.17) is 4.74 Å². The molecule has 0 radical (unpaired) electrons. The van der Waals surface area contributed by atoms with Crippen molar-refractivity contribution < 1.29 is 23.1 Å². The van der Waals surface area contributed by atoms with E-state index in [2.05, 4.69) is 0 Å². The summed E-state index contributed by atoms with van der Waals surface area (Å²) in [6.45, 7) is 1.58. The van der Waals surface area contributed by atoms with Crippen LogP contribution >= 0.6 is 0 Å². The summed E-state index contributed by atoms with van der Waals surface area (Å²) in [4.78, 5) is 23.7. The molecule has 0 aliphatic heterocycles. The van der Waals surface area contributed by atoms with Crippen molar-refractivity contribution in [1.29, 1.82) is 0 Å². The quantitative estimate of drug-likeness (QED) is 0.489. The molecule has 0 bridgehead atoms. The van der Waals surface area contributed by atoms with Crippen LogP contribution in [0.5, 0.6) is 5.75 Å². The number of rotatable bonds is 4. The second-order valence-corrected chi connectivity index (χ2v) is 4.27. The van der Waals surface area contributed by atoms with E-state index >= 15 is 0 Å². The largest absolute Gasteiger partial charge is 0.419 e. The van der Waals surface area contributed by atoms with Gasteiger partial charge in [-0.2, -0.15) is 4.39 Å². The Morgan fingerprint density at radius 1 is 1.05 bits per heavy atom. The Kier molecular flexibility index (Phi) is 4.42. The van der Waals surface area contributed by atoms with Crippen LogP contribution in [0.25, 0.3) is 0 Å². The molecule has 0 fully saturated rings. The molecule has 5 heteroatoms. The lowest BCUT2D eigenvalue weighted by atomic mass is 10.1. The monoisotopic (exact) mass is 290 g/mol. The van der Waals surface area contributed by atoms with Gasteiger partial charge in [0.1, 0.15) is 0 Å². The van der Waals surface area contributed by atoms with Gasteiger partial charge in [-0.3, -0.25) is 4.79 Å². The minimum atomic E-state index is -1.35. The van der Waals surface area contributed by atoms with Gasteiger partial charge in [0.05, 0.1) is 11.1 Å². The number of ether oxygens (including phenoxy) is 1. The van der Waals surface area contributed by atoms with Crippen LogP contribution in [0.3, 0.4) is 0 Å². The highest BCUT2D eigenvalue weighted by molar-refractivity contribution is 6.00. The molecule has 0 spiro atoms. The first-order chi connectivity index (χ1) is 10.0. The van der Waals surface area contributed by atoms with E-state index in [0.29, 0.717) is 0 Å². The molecule has 21 heavy (non-hydrogen) atoms. The van der Waals surface area contributed by atoms with E-state index in [1.165, 1.54) is 12.1 Å². The summed E-state index contributed by atoms with van der Waals surface area (Å²) < 4.78 is 32.0. The topological polar surface area (TPSA) is 43.4 Å². The first kappa shape index (κ1) is 14.8. The van der Waals surface area contributed by atoms with Gasteiger partial charge in [-0.25, -0.2) is 9.18 Å². The zero-order valence-electron chi connectivity index (χ0n) is 11.2. The molecule has 0 saturated heterocycles. The average molecular weight is 290 g/mol. The number of benzene rings is 2. The molecule has 0 aliphatic rings. The van der Waals surface area contributed by atoms with Crippen LogP contribution < -0.4 is 4.74 Å². The lowest BCUT2D eigenvalue weighted by Crippen LogP contribution is -2.13. The molecule has 0 atom stereocenters. The van der Waals surface area contributed by atoms with Gasteiger partial charge < -0.3 is 4.74 Å². The molecule has 0 aliphatic carbocycles. The number of carbonyl (C=O) groups excluding carboxylic acids is 2. The van der Waals surface area contributed by atoms with Crippen molar-refractivity contribution in [3.63, 3.8) is 0 Å². The van der Waals surface area contributed by atoms with E-state index in [9.17, 15) is 18.4 Å².